The molecule has 1 heterocycles. The Morgan fingerprint density at radius 1 is 0.897 bits per heavy atom. The summed E-state index contributed by atoms with van der Waals surface area (Å²) in [5.41, 5.74) is 1.72. The lowest BCUT2D eigenvalue weighted by molar-refractivity contribution is -0.137. The van der Waals surface area contributed by atoms with Crippen molar-refractivity contribution in [2.75, 3.05) is 13.1 Å². The molecular formula is C31H31F5N2O. The van der Waals surface area contributed by atoms with Gasteiger partial charge in [0.1, 0.15) is 11.6 Å². The molecule has 206 valence electrons. The number of hydrogen-bond acceptors (Lipinski definition) is 2. The summed E-state index contributed by atoms with van der Waals surface area (Å²) in [4.78, 5) is 15.2. The molecule has 0 bridgehead atoms. The summed E-state index contributed by atoms with van der Waals surface area (Å²) in [5, 5.41) is 3.21. The monoisotopic (exact) mass is 542 g/mol. The molecule has 0 radical (unpaired) electrons. The first kappa shape index (κ1) is 27.3. The van der Waals surface area contributed by atoms with Crippen LogP contribution in [0.3, 0.4) is 0 Å². The number of benzene rings is 3. The van der Waals surface area contributed by atoms with Gasteiger partial charge < -0.3 is 5.32 Å². The molecule has 8 heteroatoms. The van der Waals surface area contributed by atoms with Gasteiger partial charge in [-0.25, -0.2) is 8.78 Å². The number of carbonyl (C=O) groups excluding carboxylic acids is 1. The first-order valence-electron chi connectivity index (χ1n) is 13.3. The smallest absolute Gasteiger partial charge is 0.353 e. The molecule has 2 fully saturated rings. The van der Waals surface area contributed by atoms with E-state index in [4.69, 9.17) is 0 Å². The summed E-state index contributed by atoms with van der Waals surface area (Å²) in [6.45, 7) is 2.00. The van der Waals surface area contributed by atoms with Crippen LogP contribution in [-0.2, 0) is 17.5 Å². The maximum Gasteiger partial charge on any atom is 0.416 e. The van der Waals surface area contributed by atoms with Crippen LogP contribution in [0, 0.1) is 23.5 Å². The van der Waals surface area contributed by atoms with Crippen molar-refractivity contribution in [2.45, 2.75) is 50.4 Å². The van der Waals surface area contributed by atoms with Gasteiger partial charge >= 0.3 is 6.18 Å². The van der Waals surface area contributed by atoms with E-state index in [2.05, 4.69) is 10.2 Å². The quantitative estimate of drug-likeness (QED) is 0.314. The molecule has 1 N–H and O–H groups in total. The Morgan fingerprint density at radius 2 is 1.54 bits per heavy atom. The first-order chi connectivity index (χ1) is 18.7. The van der Waals surface area contributed by atoms with Crippen LogP contribution in [0.5, 0.6) is 0 Å². The molecule has 1 saturated heterocycles. The lowest BCUT2D eigenvalue weighted by Gasteiger charge is -2.23. The number of fused-ring (bicyclic) bond motifs is 1. The van der Waals surface area contributed by atoms with Gasteiger partial charge in [-0.1, -0.05) is 42.5 Å². The van der Waals surface area contributed by atoms with Gasteiger partial charge in [-0.15, -0.1) is 0 Å². The van der Waals surface area contributed by atoms with Crippen LogP contribution in [0.2, 0.25) is 0 Å². The fourth-order valence-electron chi connectivity index (χ4n) is 6.24. The maximum absolute atomic E-state index is 13.5. The number of rotatable bonds is 8. The van der Waals surface area contributed by atoms with Crippen LogP contribution < -0.4 is 5.32 Å². The minimum absolute atomic E-state index is 0.0316. The highest BCUT2D eigenvalue weighted by atomic mass is 19.4. The molecule has 1 amide bonds. The standard InChI is InChI=1S/C31H31F5N2O/c32-25-9-4-21(5-10-25)27(22-6-11-26(33)12-7-22)13-15-30(39)37-29-14-8-23-18-38(19-28(23)29)17-20-2-1-3-24(16-20)31(34,35)36/h1-7,9-12,16,23,27-29H,8,13-15,17-19H2,(H,37,39)/t23-,28+,29+/m0/s1. The van der Waals surface area contributed by atoms with Gasteiger partial charge in [0.15, 0.2) is 0 Å². The molecule has 3 aromatic rings. The molecule has 1 aliphatic heterocycles. The number of carbonyl (C=O) groups is 1. The zero-order chi connectivity index (χ0) is 27.6. The molecule has 1 saturated carbocycles. The molecule has 0 unspecified atom stereocenters. The molecule has 5 rings (SSSR count). The van der Waals surface area contributed by atoms with E-state index in [1.807, 2.05) is 0 Å². The van der Waals surface area contributed by atoms with E-state index in [1.54, 1.807) is 30.3 Å². The Balaban J connectivity index is 1.18. The summed E-state index contributed by atoms with van der Waals surface area (Å²) >= 11 is 0. The van der Waals surface area contributed by atoms with E-state index in [0.29, 0.717) is 24.4 Å². The third-order valence-corrected chi connectivity index (χ3v) is 8.14. The highest BCUT2D eigenvalue weighted by Gasteiger charge is 2.43. The predicted octanol–water partition coefficient (Wildman–Crippen LogP) is 6.92. The number of amides is 1. The average molecular weight is 543 g/mol. The van der Waals surface area contributed by atoms with E-state index in [0.717, 1.165) is 43.1 Å². The van der Waals surface area contributed by atoms with Crippen molar-refractivity contribution in [1.82, 2.24) is 10.2 Å². The van der Waals surface area contributed by atoms with Gasteiger partial charge in [0.2, 0.25) is 5.91 Å². The normalized spacial score (nSPS) is 21.3. The number of alkyl halides is 3. The average Bonchev–Trinajstić information content (AvgIpc) is 3.46. The van der Waals surface area contributed by atoms with Crippen LogP contribution >= 0.6 is 0 Å². The van der Waals surface area contributed by atoms with Crippen molar-refractivity contribution in [3.63, 3.8) is 0 Å². The molecule has 0 aromatic heterocycles. The Hall–Kier alpha value is -3.26. The molecule has 3 atom stereocenters. The molecule has 1 aliphatic carbocycles. The van der Waals surface area contributed by atoms with Crippen molar-refractivity contribution in [3.8, 4) is 0 Å². The second-order valence-electron chi connectivity index (χ2n) is 10.8. The molecule has 0 spiro atoms. The zero-order valence-electron chi connectivity index (χ0n) is 21.4. The lowest BCUT2D eigenvalue weighted by Crippen LogP contribution is -2.39. The van der Waals surface area contributed by atoms with Crippen molar-refractivity contribution in [3.05, 3.63) is 107 Å². The van der Waals surface area contributed by atoms with Crippen molar-refractivity contribution < 1.29 is 26.7 Å². The zero-order valence-corrected chi connectivity index (χ0v) is 21.4. The predicted molar refractivity (Wildman–Crippen MR) is 139 cm³/mol. The Labute approximate surface area is 225 Å². The van der Waals surface area contributed by atoms with Gasteiger partial charge in [0.05, 0.1) is 5.56 Å². The fraction of sp³-hybridized carbons (Fsp3) is 0.387. The van der Waals surface area contributed by atoms with Crippen LogP contribution in [0.15, 0.2) is 72.8 Å². The van der Waals surface area contributed by atoms with Gasteiger partial charge in [0, 0.05) is 38.0 Å². The molecular weight excluding hydrogens is 511 g/mol. The van der Waals surface area contributed by atoms with E-state index in [-0.39, 0.29) is 41.8 Å². The first-order valence-corrected chi connectivity index (χ1v) is 13.3. The number of halogens is 5. The van der Waals surface area contributed by atoms with E-state index in [1.165, 1.54) is 36.4 Å². The summed E-state index contributed by atoms with van der Waals surface area (Å²) in [5.74, 6) is -0.251. The van der Waals surface area contributed by atoms with Crippen molar-refractivity contribution in [2.24, 2.45) is 11.8 Å². The highest BCUT2D eigenvalue weighted by molar-refractivity contribution is 5.76. The van der Waals surface area contributed by atoms with E-state index >= 15 is 0 Å². The third-order valence-electron chi connectivity index (χ3n) is 8.14. The Morgan fingerprint density at radius 3 is 2.15 bits per heavy atom. The largest absolute Gasteiger partial charge is 0.416 e. The van der Waals surface area contributed by atoms with E-state index < -0.39 is 11.7 Å². The second-order valence-corrected chi connectivity index (χ2v) is 10.8. The lowest BCUT2D eigenvalue weighted by atomic mass is 9.87. The molecule has 3 nitrogen and oxygen atoms in total. The van der Waals surface area contributed by atoms with Gasteiger partial charge in [-0.3, -0.25) is 9.69 Å². The van der Waals surface area contributed by atoms with Gasteiger partial charge in [0.25, 0.3) is 0 Å². The molecule has 39 heavy (non-hydrogen) atoms. The number of nitrogens with zero attached hydrogens (tertiary/aromatic N) is 1. The Kier molecular flexibility index (Phi) is 8.03. The third kappa shape index (κ3) is 6.67. The SMILES string of the molecule is O=C(CCC(c1ccc(F)cc1)c1ccc(F)cc1)N[C@@H]1CC[C@H]2CN(Cc3cccc(C(F)(F)F)c3)C[C@H]21. The van der Waals surface area contributed by atoms with Crippen LogP contribution in [0.4, 0.5) is 22.0 Å². The second kappa shape index (κ2) is 11.5. The van der Waals surface area contributed by atoms with Gasteiger partial charge in [-0.05, 0) is 78.1 Å². The number of nitrogens with one attached hydrogen (secondary N) is 1. The van der Waals surface area contributed by atoms with Crippen LogP contribution in [0.1, 0.15) is 53.9 Å². The number of hydrogen-bond donors (Lipinski definition) is 1. The maximum atomic E-state index is 13.5. The van der Waals surface area contributed by atoms with Crippen LogP contribution in [-0.4, -0.2) is 29.9 Å². The van der Waals surface area contributed by atoms with Crippen LogP contribution in [0.25, 0.3) is 0 Å². The van der Waals surface area contributed by atoms with Crippen molar-refractivity contribution in [1.29, 1.82) is 0 Å². The van der Waals surface area contributed by atoms with Gasteiger partial charge in [-0.2, -0.15) is 13.2 Å². The summed E-state index contributed by atoms with van der Waals surface area (Å²) in [6, 6.07) is 17.8. The van der Waals surface area contributed by atoms with Crippen molar-refractivity contribution >= 4 is 5.91 Å². The Bertz CT molecular complexity index is 1230. The van der Waals surface area contributed by atoms with E-state index in [9.17, 15) is 26.7 Å². The highest BCUT2D eigenvalue weighted by Crippen LogP contribution is 2.39. The molecule has 2 aliphatic rings. The topological polar surface area (TPSA) is 32.3 Å². The minimum Gasteiger partial charge on any atom is -0.353 e. The fourth-order valence-corrected chi connectivity index (χ4v) is 6.24. The summed E-state index contributed by atoms with van der Waals surface area (Å²) in [6.07, 6.45) is -1.74. The molecule has 3 aromatic carbocycles. The number of likely N-dealkylation sites (tertiary alicyclic amines) is 1. The summed E-state index contributed by atoms with van der Waals surface area (Å²) < 4.78 is 66.3. The minimum atomic E-state index is -4.36. The summed E-state index contributed by atoms with van der Waals surface area (Å²) in [7, 11) is 0.